The molecule has 0 radical (unpaired) electrons. The summed E-state index contributed by atoms with van der Waals surface area (Å²) >= 11 is 1.79. The minimum absolute atomic E-state index is 0. The number of carbonyl (C=O) groups is 1. The predicted molar refractivity (Wildman–Crippen MR) is 105 cm³/mol. The molecule has 2 aliphatic heterocycles. The molecule has 25 heavy (non-hydrogen) atoms. The van der Waals surface area contributed by atoms with Crippen molar-refractivity contribution in [3.63, 3.8) is 0 Å². The number of nitrogens with one attached hydrogen (secondary N) is 2. The molecule has 3 rings (SSSR count). The minimum atomic E-state index is 0. The maximum atomic E-state index is 12.1. The van der Waals surface area contributed by atoms with E-state index in [-0.39, 0.29) is 24.4 Å². The van der Waals surface area contributed by atoms with Crippen LogP contribution in [0.1, 0.15) is 49.7 Å². The number of aromatic nitrogens is 1. The van der Waals surface area contributed by atoms with Gasteiger partial charge in [0.2, 0.25) is 5.91 Å². The second-order valence-electron chi connectivity index (χ2n) is 7.12. The first kappa shape index (κ1) is 20.6. The molecule has 3 heterocycles. The summed E-state index contributed by atoms with van der Waals surface area (Å²) in [5.41, 5.74) is 1.24. The fourth-order valence-corrected chi connectivity index (χ4v) is 4.59. The van der Waals surface area contributed by atoms with Crippen LogP contribution in [0.25, 0.3) is 0 Å². The number of piperidine rings is 1. The molecule has 2 N–H and O–H groups in total. The van der Waals surface area contributed by atoms with Crippen molar-refractivity contribution in [1.29, 1.82) is 0 Å². The van der Waals surface area contributed by atoms with E-state index in [2.05, 4.69) is 27.8 Å². The van der Waals surface area contributed by atoms with Gasteiger partial charge in [0.1, 0.15) is 5.01 Å². The summed E-state index contributed by atoms with van der Waals surface area (Å²) in [6.45, 7) is 7.17. The number of nitrogens with zero attached hydrogens (tertiary/aromatic N) is 2. The number of carbonyl (C=O) groups excluding carboxylic acids is 1. The molecule has 2 unspecified atom stereocenters. The number of halogens is 1. The summed E-state index contributed by atoms with van der Waals surface area (Å²) in [5.74, 6) is 0.757. The first-order valence-corrected chi connectivity index (χ1v) is 10.3. The minimum Gasteiger partial charge on any atom is -0.354 e. The van der Waals surface area contributed by atoms with Crippen LogP contribution in [0.3, 0.4) is 0 Å². The molecule has 1 amide bonds. The predicted octanol–water partition coefficient (Wildman–Crippen LogP) is 2.60. The molecule has 0 spiro atoms. The SMILES string of the molecule is CCCc1csc(CN2CCCC(CNC(=O)C3CCCN3)C2)n1.Cl. The van der Waals surface area contributed by atoms with Crippen molar-refractivity contribution in [2.45, 2.75) is 58.0 Å². The maximum Gasteiger partial charge on any atom is 0.237 e. The van der Waals surface area contributed by atoms with Crippen LogP contribution in [0.2, 0.25) is 0 Å². The van der Waals surface area contributed by atoms with E-state index < -0.39 is 0 Å². The second kappa shape index (κ2) is 10.5. The molecule has 2 fully saturated rings. The lowest BCUT2D eigenvalue weighted by atomic mass is 9.98. The second-order valence-corrected chi connectivity index (χ2v) is 8.06. The van der Waals surface area contributed by atoms with Gasteiger partial charge in [0.25, 0.3) is 0 Å². The highest BCUT2D eigenvalue weighted by Gasteiger charge is 2.25. The van der Waals surface area contributed by atoms with E-state index in [1.807, 2.05) is 0 Å². The lowest BCUT2D eigenvalue weighted by Crippen LogP contribution is -2.45. The van der Waals surface area contributed by atoms with Crippen molar-refractivity contribution >= 4 is 29.7 Å². The Hall–Kier alpha value is -0.690. The summed E-state index contributed by atoms with van der Waals surface area (Å²) in [4.78, 5) is 19.4. The van der Waals surface area contributed by atoms with Crippen LogP contribution in [0.15, 0.2) is 5.38 Å². The van der Waals surface area contributed by atoms with Crippen molar-refractivity contribution in [2.24, 2.45) is 5.92 Å². The van der Waals surface area contributed by atoms with Crippen molar-refractivity contribution in [1.82, 2.24) is 20.5 Å². The zero-order valence-corrected chi connectivity index (χ0v) is 16.8. The quantitative estimate of drug-likeness (QED) is 0.756. The largest absolute Gasteiger partial charge is 0.354 e. The van der Waals surface area contributed by atoms with E-state index >= 15 is 0 Å². The van der Waals surface area contributed by atoms with Gasteiger partial charge in [0, 0.05) is 18.5 Å². The van der Waals surface area contributed by atoms with Gasteiger partial charge in [-0.05, 0) is 51.1 Å². The Morgan fingerprint density at radius 1 is 1.44 bits per heavy atom. The number of rotatable bonds is 7. The summed E-state index contributed by atoms with van der Waals surface area (Å²) in [6, 6.07) is 0.0389. The number of likely N-dealkylation sites (tertiary alicyclic amines) is 1. The van der Waals surface area contributed by atoms with Crippen LogP contribution in [-0.4, -0.2) is 48.0 Å². The smallest absolute Gasteiger partial charge is 0.237 e. The first-order valence-electron chi connectivity index (χ1n) is 9.41. The normalized spacial score (nSPS) is 24.0. The number of hydrogen-bond acceptors (Lipinski definition) is 5. The number of aryl methyl sites for hydroxylation is 1. The number of amides is 1. The van der Waals surface area contributed by atoms with Crippen molar-refractivity contribution in [3.8, 4) is 0 Å². The van der Waals surface area contributed by atoms with Crippen LogP contribution in [-0.2, 0) is 17.8 Å². The Morgan fingerprint density at radius 2 is 2.32 bits per heavy atom. The number of hydrogen-bond donors (Lipinski definition) is 2. The van der Waals surface area contributed by atoms with Gasteiger partial charge in [-0.3, -0.25) is 9.69 Å². The van der Waals surface area contributed by atoms with Gasteiger partial charge >= 0.3 is 0 Å². The Balaban J connectivity index is 0.00000225. The number of thiazole rings is 1. The van der Waals surface area contributed by atoms with Gasteiger partial charge in [0.15, 0.2) is 0 Å². The molecule has 0 saturated carbocycles. The lowest BCUT2D eigenvalue weighted by Gasteiger charge is -2.32. The molecule has 0 bridgehead atoms. The molecule has 2 atom stereocenters. The molecule has 2 aliphatic rings. The van der Waals surface area contributed by atoms with E-state index in [0.29, 0.717) is 5.92 Å². The molecule has 142 valence electrons. The zero-order chi connectivity index (χ0) is 16.8. The Bertz CT molecular complexity index is 533. The van der Waals surface area contributed by atoms with Gasteiger partial charge in [-0.2, -0.15) is 0 Å². The molecule has 0 aromatic carbocycles. The first-order chi connectivity index (χ1) is 11.7. The van der Waals surface area contributed by atoms with Crippen LogP contribution in [0.5, 0.6) is 0 Å². The van der Waals surface area contributed by atoms with E-state index in [4.69, 9.17) is 4.98 Å². The van der Waals surface area contributed by atoms with Crippen molar-refractivity contribution in [2.75, 3.05) is 26.2 Å². The molecule has 1 aromatic rings. The third-order valence-electron chi connectivity index (χ3n) is 5.01. The van der Waals surface area contributed by atoms with Crippen LogP contribution >= 0.6 is 23.7 Å². The monoisotopic (exact) mass is 386 g/mol. The summed E-state index contributed by atoms with van der Waals surface area (Å²) < 4.78 is 0. The lowest BCUT2D eigenvalue weighted by molar-refractivity contribution is -0.123. The summed E-state index contributed by atoms with van der Waals surface area (Å²) in [7, 11) is 0. The topological polar surface area (TPSA) is 57.3 Å². The molecule has 2 saturated heterocycles. The van der Waals surface area contributed by atoms with E-state index in [0.717, 1.165) is 58.4 Å². The molecular weight excluding hydrogens is 356 g/mol. The fraction of sp³-hybridized carbons (Fsp3) is 0.778. The Labute approximate surface area is 161 Å². The summed E-state index contributed by atoms with van der Waals surface area (Å²) in [6.07, 6.45) is 6.77. The average Bonchev–Trinajstić information content (AvgIpc) is 3.26. The fourth-order valence-electron chi connectivity index (χ4n) is 3.72. The highest BCUT2D eigenvalue weighted by atomic mass is 35.5. The van der Waals surface area contributed by atoms with E-state index in [9.17, 15) is 4.79 Å². The van der Waals surface area contributed by atoms with Gasteiger partial charge in [-0.25, -0.2) is 4.98 Å². The van der Waals surface area contributed by atoms with E-state index in [1.165, 1.54) is 23.5 Å². The van der Waals surface area contributed by atoms with Gasteiger partial charge in [-0.1, -0.05) is 13.3 Å². The van der Waals surface area contributed by atoms with E-state index in [1.54, 1.807) is 11.3 Å². The Morgan fingerprint density at radius 3 is 3.08 bits per heavy atom. The van der Waals surface area contributed by atoms with Gasteiger partial charge in [0.05, 0.1) is 18.3 Å². The van der Waals surface area contributed by atoms with Gasteiger partial charge < -0.3 is 10.6 Å². The molecule has 0 aliphatic carbocycles. The third-order valence-corrected chi connectivity index (χ3v) is 5.89. The highest BCUT2D eigenvalue weighted by molar-refractivity contribution is 7.09. The highest BCUT2D eigenvalue weighted by Crippen LogP contribution is 2.20. The van der Waals surface area contributed by atoms with Crippen molar-refractivity contribution < 1.29 is 4.79 Å². The summed E-state index contributed by atoms with van der Waals surface area (Å²) in [5, 5.41) is 9.87. The Kier molecular flexibility index (Phi) is 8.62. The van der Waals surface area contributed by atoms with Crippen LogP contribution in [0, 0.1) is 5.92 Å². The molecule has 5 nitrogen and oxygen atoms in total. The third kappa shape index (κ3) is 6.20. The van der Waals surface area contributed by atoms with Crippen LogP contribution in [0.4, 0.5) is 0 Å². The molecule has 1 aromatic heterocycles. The average molecular weight is 387 g/mol. The maximum absolute atomic E-state index is 12.1. The molecular formula is C18H31ClN4OS. The standard InChI is InChI=1S/C18H30N4OS.ClH/c1-2-5-15-13-24-17(21-15)12-22-9-4-6-14(11-22)10-20-18(23)16-7-3-8-19-16;/h13-14,16,19H,2-12H2,1H3,(H,20,23);1H. The van der Waals surface area contributed by atoms with Crippen LogP contribution < -0.4 is 10.6 Å². The van der Waals surface area contributed by atoms with Crippen molar-refractivity contribution in [3.05, 3.63) is 16.1 Å². The van der Waals surface area contributed by atoms with Gasteiger partial charge in [-0.15, -0.1) is 23.7 Å². The zero-order valence-electron chi connectivity index (χ0n) is 15.1. The molecule has 7 heteroatoms.